The fourth-order valence-electron chi connectivity index (χ4n) is 1.31. The van der Waals surface area contributed by atoms with E-state index < -0.39 is 0 Å². The molecule has 2 aromatic rings. The summed E-state index contributed by atoms with van der Waals surface area (Å²) in [6, 6.07) is 9.59. The molecule has 18 heavy (non-hydrogen) atoms. The molecule has 0 radical (unpaired) electrons. The molecule has 0 atom stereocenters. The minimum Gasteiger partial charge on any atom is -0.460 e. The van der Waals surface area contributed by atoms with Crippen LogP contribution in [0.15, 0.2) is 41.8 Å². The Balaban J connectivity index is 1.75. The van der Waals surface area contributed by atoms with Crippen molar-refractivity contribution < 1.29 is 9.53 Å². The number of hydrogen-bond donors (Lipinski definition) is 0. The molecule has 5 nitrogen and oxygen atoms in total. The van der Waals surface area contributed by atoms with Gasteiger partial charge in [0.2, 0.25) is 0 Å². The van der Waals surface area contributed by atoms with E-state index in [9.17, 15) is 4.79 Å². The maximum atomic E-state index is 11.5. The summed E-state index contributed by atoms with van der Waals surface area (Å²) < 4.78 is 6.91. The Morgan fingerprint density at radius 1 is 1.39 bits per heavy atom. The molecule has 0 fully saturated rings. The molecule has 0 saturated heterocycles. The first-order valence-electron chi connectivity index (χ1n) is 5.42. The minimum absolute atomic E-state index is 0.235. The van der Waals surface area contributed by atoms with Gasteiger partial charge in [0.05, 0.1) is 5.75 Å². The van der Waals surface area contributed by atoms with Crippen LogP contribution in [0.25, 0.3) is 0 Å². The molecule has 1 aromatic heterocycles. The van der Waals surface area contributed by atoms with Crippen LogP contribution in [-0.4, -0.2) is 26.5 Å². The van der Waals surface area contributed by atoms with E-state index in [-0.39, 0.29) is 11.7 Å². The zero-order valence-electron chi connectivity index (χ0n) is 9.94. The van der Waals surface area contributed by atoms with Gasteiger partial charge in [0.15, 0.2) is 5.16 Å². The monoisotopic (exact) mass is 263 g/mol. The quantitative estimate of drug-likeness (QED) is 0.606. The number of nitrogens with zero attached hydrogens (tertiary/aromatic N) is 3. The second-order valence-electron chi connectivity index (χ2n) is 3.66. The molecule has 1 aromatic carbocycles. The third kappa shape index (κ3) is 3.59. The average molecular weight is 263 g/mol. The normalized spacial score (nSPS) is 10.3. The number of carbonyl (C=O) groups is 1. The van der Waals surface area contributed by atoms with Gasteiger partial charge in [-0.1, -0.05) is 42.1 Å². The van der Waals surface area contributed by atoms with Gasteiger partial charge in [-0.05, 0) is 5.56 Å². The SMILES string of the molecule is Cn1cnnc1SCC(=O)OCc1ccccc1. The third-order valence-corrected chi connectivity index (χ3v) is 3.24. The lowest BCUT2D eigenvalue weighted by Crippen LogP contribution is -2.08. The van der Waals surface area contributed by atoms with E-state index in [0.29, 0.717) is 11.8 Å². The Hall–Kier alpha value is -1.82. The number of ether oxygens (including phenoxy) is 1. The second-order valence-corrected chi connectivity index (χ2v) is 4.60. The highest BCUT2D eigenvalue weighted by Crippen LogP contribution is 2.13. The molecule has 1 heterocycles. The molecule has 0 spiro atoms. The largest absolute Gasteiger partial charge is 0.460 e. The van der Waals surface area contributed by atoms with Crippen LogP contribution in [-0.2, 0) is 23.2 Å². The molecule has 0 aliphatic heterocycles. The highest BCUT2D eigenvalue weighted by atomic mass is 32.2. The first-order chi connectivity index (χ1) is 8.75. The van der Waals surface area contributed by atoms with Crippen molar-refractivity contribution in [2.45, 2.75) is 11.8 Å². The fourth-order valence-corrected chi connectivity index (χ4v) is 1.99. The van der Waals surface area contributed by atoms with Gasteiger partial charge in [0.25, 0.3) is 0 Å². The predicted octanol–water partition coefficient (Wildman–Crippen LogP) is 1.65. The molecule has 0 aliphatic carbocycles. The topological polar surface area (TPSA) is 57.0 Å². The van der Waals surface area contributed by atoms with Crippen molar-refractivity contribution in [3.63, 3.8) is 0 Å². The molecular formula is C12H13N3O2S. The van der Waals surface area contributed by atoms with Gasteiger partial charge in [-0.15, -0.1) is 10.2 Å². The van der Waals surface area contributed by atoms with E-state index in [4.69, 9.17) is 4.74 Å². The second kappa shape index (κ2) is 6.20. The number of aromatic nitrogens is 3. The summed E-state index contributed by atoms with van der Waals surface area (Å²) in [6.45, 7) is 0.305. The Morgan fingerprint density at radius 2 is 2.17 bits per heavy atom. The van der Waals surface area contributed by atoms with Crippen LogP contribution in [0.5, 0.6) is 0 Å². The average Bonchev–Trinajstić information content (AvgIpc) is 2.81. The van der Waals surface area contributed by atoms with Gasteiger partial charge >= 0.3 is 5.97 Å². The fraction of sp³-hybridized carbons (Fsp3) is 0.250. The zero-order valence-corrected chi connectivity index (χ0v) is 10.8. The summed E-state index contributed by atoms with van der Waals surface area (Å²) in [4.78, 5) is 11.5. The smallest absolute Gasteiger partial charge is 0.316 e. The molecular weight excluding hydrogens is 250 g/mol. The summed E-state index contributed by atoms with van der Waals surface area (Å²) in [5.74, 6) is -0.0221. The van der Waals surface area contributed by atoms with E-state index >= 15 is 0 Å². The van der Waals surface area contributed by atoms with Crippen molar-refractivity contribution in [2.75, 3.05) is 5.75 Å². The molecule has 2 rings (SSSR count). The van der Waals surface area contributed by atoms with Crippen molar-refractivity contribution in [3.05, 3.63) is 42.2 Å². The van der Waals surface area contributed by atoms with Gasteiger partial charge in [0, 0.05) is 7.05 Å². The van der Waals surface area contributed by atoms with Crippen LogP contribution in [0.2, 0.25) is 0 Å². The number of benzene rings is 1. The van der Waals surface area contributed by atoms with Crippen molar-refractivity contribution in [1.82, 2.24) is 14.8 Å². The summed E-state index contributed by atoms with van der Waals surface area (Å²) >= 11 is 1.31. The van der Waals surface area contributed by atoms with Crippen molar-refractivity contribution >= 4 is 17.7 Å². The lowest BCUT2D eigenvalue weighted by molar-refractivity contribution is -0.141. The van der Waals surface area contributed by atoms with Gasteiger partial charge in [-0.2, -0.15) is 0 Å². The van der Waals surface area contributed by atoms with E-state index in [0.717, 1.165) is 5.56 Å². The van der Waals surface area contributed by atoms with Gasteiger partial charge < -0.3 is 9.30 Å². The zero-order chi connectivity index (χ0) is 12.8. The van der Waals surface area contributed by atoms with Crippen molar-refractivity contribution in [1.29, 1.82) is 0 Å². The van der Waals surface area contributed by atoms with Crippen LogP contribution >= 0.6 is 11.8 Å². The highest BCUT2D eigenvalue weighted by molar-refractivity contribution is 7.99. The molecule has 0 saturated carbocycles. The number of rotatable bonds is 5. The van der Waals surface area contributed by atoms with Crippen LogP contribution in [0.4, 0.5) is 0 Å². The first kappa shape index (κ1) is 12.6. The lowest BCUT2D eigenvalue weighted by atomic mass is 10.2. The van der Waals surface area contributed by atoms with E-state index in [1.54, 1.807) is 10.9 Å². The molecule has 6 heteroatoms. The molecule has 0 bridgehead atoms. The van der Waals surface area contributed by atoms with Crippen LogP contribution < -0.4 is 0 Å². The van der Waals surface area contributed by atoms with Crippen molar-refractivity contribution in [2.24, 2.45) is 7.05 Å². The molecule has 0 amide bonds. The Labute approximate surface area is 109 Å². The van der Waals surface area contributed by atoms with E-state index in [2.05, 4.69) is 10.2 Å². The summed E-state index contributed by atoms with van der Waals surface area (Å²) in [5, 5.41) is 8.31. The standard InChI is InChI=1S/C12H13N3O2S/c1-15-9-13-14-12(15)18-8-11(16)17-7-10-5-3-2-4-6-10/h2-6,9H,7-8H2,1H3. The number of aryl methyl sites for hydroxylation is 1. The van der Waals surface area contributed by atoms with Crippen molar-refractivity contribution in [3.8, 4) is 0 Å². The van der Waals surface area contributed by atoms with Crippen LogP contribution in [0, 0.1) is 0 Å². The maximum absolute atomic E-state index is 11.5. The summed E-state index contributed by atoms with van der Waals surface area (Å²) in [6.07, 6.45) is 1.59. The van der Waals surface area contributed by atoms with Crippen LogP contribution in [0.3, 0.4) is 0 Å². The Morgan fingerprint density at radius 3 is 2.83 bits per heavy atom. The lowest BCUT2D eigenvalue weighted by Gasteiger charge is -2.04. The number of carbonyl (C=O) groups excluding carboxylic acids is 1. The molecule has 0 unspecified atom stereocenters. The predicted molar refractivity (Wildman–Crippen MR) is 68.0 cm³/mol. The molecule has 0 aliphatic rings. The Kier molecular flexibility index (Phi) is 4.35. The van der Waals surface area contributed by atoms with Gasteiger partial charge in [-0.3, -0.25) is 4.79 Å². The summed E-state index contributed by atoms with van der Waals surface area (Å²) in [7, 11) is 1.83. The Bertz CT molecular complexity index is 513. The van der Waals surface area contributed by atoms with E-state index in [1.807, 2.05) is 37.4 Å². The first-order valence-corrected chi connectivity index (χ1v) is 6.40. The minimum atomic E-state index is -0.258. The van der Waals surface area contributed by atoms with E-state index in [1.165, 1.54) is 11.8 Å². The third-order valence-electron chi connectivity index (χ3n) is 2.23. The maximum Gasteiger partial charge on any atom is 0.316 e. The summed E-state index contributed by atoms with van der Waals surface area (Å²) in [5.41, 5.74) is 0.981. The molecule has 0 N–H and O–H groups in total. The van der Waals surface area contributed by atoms with Gasteiger partial charge in [-0.25, -0.2) is 0 Å². The number of esters is 1. The molecule has 94 valence electrons. The highest BCUT2D eigenvalue weighted by Gasteiger charge is 2.07. The van der Waals surface area contributed by atoms with Gasteiger partial charge in [0.1, 0.15) is 12.9 Å². The number of hydrogen-bond acceptors (Lipinski definition) is 5. The number of thioether (sulfide) groups is 1. The van der Waals surface area contributed by atoms with Crippen LogP contribution in [0.1, 0.15) is 5.56 Å².